The van der Waals surface area contributed by atoms with E-state index in [1.807, 2.05) is 36.5 Å². The maximum absolute atomic E-state index is 4.62. The maximum Gasteiger partial charge on any atom is 0.0963 e. The summed E-state index contributed by atoms with van der Waals surface area (Å²) in [6.45, 7) is 2.12. The first-order valence-electron chi connectivity index (χ1n) is 8.23. The normalized spacial score (nSPS) is 12.2. The van der Waals surface area contributed by atoms with E-state index in [4.69, 9.17) is 0 Å². The van der Waals surface area contributed by atoms with Crippen LogP contribution >= 0.6 is 15.9 Å². The number of nitrogens with zero attached hydrogens (tertiary/aromatic N) is 1. The quantitative estimate of drug-likeness (QED) is 0.458. The third-order valence-electron chi connectivity index (χ3n) is 4.39. The lowest BCUT2D eigenvalue weighted by Crippen LogP contribution is -2.15. The van der Waals surface area contributed by atoms with Gasteiger partial charge in [-0.1, -0.05) is 36.4 Å². The van der Waals surface area contributed by atoms with Crippen molar-refractivity contribution in [2.24, 2.45) is 0 Å². The fourth-order valence-electron chi connectivity index (χ4n) is 3.24. The number of aryl methyl sites for hydroxylation is 1. The molecule has 0 radical (unpaired) electrons. The maximum atomic E-state index is 4.62. The highest BCUT2D eigenvalue weighted by molar-refractivity contribution is 9.10. The predicted molar refractivity (Wildman–Crippen MR) is 107 cm³/mol. The van der Waals surface area contributed by atoms with Crippen LogP contribution in [-0.2, 0) is 0 Å². The average molecular weight is 392 g/mol. The third kappa shape index (κ3) is 3.05. The van der Waals surface area contributed by atoms with Crippen molar-refractivity contribution in [3.63, 3.8) is 0 Å². The topological polar surface area (TPSA) is 40.7 Å². The SMILES string of the molecule is Cc1[nH]c2ccccc2c1[C@H](Nc1ccccc1Br)c1ccccn1. The number of fused-ring (bicyclic) bond motifs is 1. The fourth-order valence-corrected chi connectivity index (χ4v) is 3.64. The summed E-state index contributed by atoms with van der Waals surface area (Å²) in [7, 11) is 0. The van der Waals surface area contributed by atoms with Crippen molar-refractivity contribution in [2.75, 3.05) is 5.32 Å². The molecule has 2 aromatic heterocycles. The van der Waals surface area contributed by atoms with Gasteiger partial charge < -0.3 is 10.3 Å². The number of hydrogen-bond donors (Lipinski definition) is 2. The Bertz CT molecular complexity index is 1010. The number of rotatable bonds is 4. The van der Waals surface area contributed by atoms with Crippen LogP contribution in [0.5, 0.6) is 0 Å². The van der Waals surface area contributed by atoms with Gasteiger partial charge in [-0.05, 0) is 53.2 Å². The summed E-state index contributed by atoms with van der Waals surface area (Å²) in [6.07, 6.45) is 1.84. The summed E-state index contributed by atoms with van der Waals surface area (Å²) < 4.78 is 1.04. The van der Waals surface area contributed by atoms with E-state index in [0.29, 0.717) is 0 Å². The van der Waals surface area contributed by atoms with Gasteiger partial charge in [0.1, 0.15) is 0 Å². The summed E-state index contributed by atoms with van der Waals surface area (Å²) in [5.41, 5.74) is 5.56. The number of nitrogens with one attached hydrogen (secondary N) is 2. The highest BCUT2D eigenvalue weighted by Gasteiger charge is 2.22. The van der Waals surface area contributed by atoms with Crippen molar-refractivity contribution in [1.82, 2.24) is 9.97 Å². The highest BCUT2D eigenvalue weighted by Crippen LogP contribution is 2.35. The molecule has 0 saturated carbocycles. The molecule has 0 saturated heterocycles. The second-order valence-corrected chi connectivity index (χ2v) is 6.88. The van der Waals surface area contributed by atoms with Gasteiger partial charge in [-0.3, -0.25) is 4.98 Å². The lowest BCUT2D eigenvalue weighted by atomic mass is 9.99. The Balaban J connectivity index is 1.88. The first kappa shape index (κ1) is 15.9. The molecular formula is C21H18BrN3. The monoisotopic (exact) mass is 391 g/mol. The molecule has 0 aliphatic carbocycles. The molecule has 0 spiro atoms. The van der Waals surface area contributed by atoms with E-state index in [1.165, 1.54) is 10.9 Å². The number of aromatic nitrogens is 2. The molecule has 124 valence electrons. The number of para-hydroxylation sites is 2. The number of aromatic amines is 1. The number of hydrogen-bond acceptors (Lipinski definition) is 2. The van der Waals surface area contributed by atoms with Crippen LogP contribution in [0.3, 0.4) is 0 Å². The Labute approximate surface area is 155 Å². The zero-order chi connectivity index (χ0) is 17.2. The van der Waals surface area contributed by atoms with E-state index in [9.17, 15) is 0 Å². The van der Waals surface area contributed by atoms with Crippen LogP contribution in [0.25, 0.3) is 10.9 Å². The molecule has 0 amide bonds. The molecule has 4 aromatic rings. The molecule has 0 fully saturated rings. The van der Waals surface area contributed by atoms with Gasteiger partial charge in [-0.15, -0.1) is 0 Å². The number of anilines is 1. The first-order chi connectivity index (χ1) is 12.2. The molecule has 0 bridgehead atoms. The molecule has 1 atom stereocenters. The number of pyridine rings is 1. The molecule has 2 aromatic carbocycles. The highest BCUT2D eigenvalue weighted by atomic mass is 79.9. The van der Waals surface area contributed by atoms with Gasteiger partial charge in [0.15, 0.2) is 0 Å². The van der Waals surface area contributed by atoms with Crippen LogP contribution in [-0.4, -0.2) is 9.97 Å². The smallest absolute Gasteiger partial charge is 0.0963 e. The van der Waals surface area contributed by atoms with Crippen LogP contribution in [0.15, 0.2) is 77.4 Å². The van der Waals surface area contributed by atoms with Crippen molar-refractivity contribution in [2.45, 2.75) is 13.0 Å². The molecule has 2 N–H and O–H groups in total. The average Bonchev–Trinajstić information content (AvgIpc) is 2.97. The lowest BCUT2D eigenvalue weighted by molar-refractivity contribution is 0.883. The Morgan fingerprint density at radius 1 is 0.960 bits per heavy atom. The van der Waals surface area contributed by atoms with E-state index in [0.717, 1.165) is 27.1 Å². The zero-order valence-corrected chi connectivity index (χ0v) is 15.4. The summed E-state index contributed by atoms with van der Waals surface area (Å²) in [6, 6.07) is 22.6. The molecule has 4 rings (SSSR count). The van der Waals surface area contributed by atoms with Crippen molar-refractivity contribution >= 4 is 32.5 Å². The van der Waals surface area contributed by atoms with Gasteiger partial charge in [0.05, 0.1) is 11.7 Å². The Morgan fingerprint density at radius 2 is 1.72 bits per heavy atom. The molecule has 2 heterocycles. The molecular weight excluding hydrogens is 374 g/mol. The van der Waals surface area contributed by atoms with Gasteiger partial charge in [-0.25, -0.2) is 0 Å². The minimum Gasteiger partial charge on any atom is -0.372 e. The predicted octanol–water partition coefficient (Wildman–Crippen LogP) is 5.84. The zero-order valence-electron chi connectivity index (χ0n) is 13.8. The second kappa shape index (κ2) is 6.73. The molecule has 0 unspecified atom stereocenters. The largest absolute Gasteiger partial charge is 0.372 e. The minimum absolute atomic E-state index is 0.0453. The van der Waals surface area contributed by atoms with E-state index in [-0.39, 0.29) is 6.04 Å². The summed E-state index contributed by atoms with van der Waals surface area (Å²) in [5, 5.41) is 4.89. The van der Waals surface area contributed by atoms with Crippen molar-refractivity contribution < 1.29 is 0 Å². The third-order valence-corrected chi connectivity index (χ3v) is 5.08. The van der Waals surface area contributed by atoms with E-state index in [2.05, 4.69) is 74.5 Å². The van der Waals surface area contributed by atoms with Crippen molar-refractivity contribution in [3.8, 4) is 0 Å². The van der Waals surface area contributed by atoms with Gasteiger partial charge in [0.25, 0.3) is 0 Å². The summed E-state index contributed by atoms with van der Waals surface area (Å²) in [4.78, 5) is 8.12. The number of benzene rings is 2. The summed E-state index contributed by atoms with van der Waals surface area (Å²) >= 11 is 3.64. The van der Waals surface area contributed by atoms with Gasteiger partial charge in [0, 0.05) is 38.5 Å². The van der Waals surface area contributed by atoms with Crippen LogP contribution in [0, 0.1) is 6.92 Å². The number of H-pyrrole nitrogens is 1. The standard InChI is InChI=1S/C21H18BrN3/c1-14-20(15-8-2-4-10-17(15)24-14)21(19-12-6-7-13-23-19)25-18-11-5-3-9-16(18)22/h2-13,21,24-25H,1H3/t21-/m1/s1. The van der Waals surface area contributed by atoms with E-state index < -0.39 is 0 Å². The Kier molecular flexibility index (Phi) is 4.28. The molecule has 4 heteroatoms. The van der Waals surface area contributed by atoms with Gasteiger partial charge in [0.2, 0.25) is 0 Å². The van der Waals surface area contributed by atoms with Crippen LogP contribution in [0.1, 0.15) is 23.0 Å². The second-order valence-electron chi connectivity index (χ2n) is 6.02. The van der Waals surface area contributed by atoms with E-state index >= 15 is 0 Å². The van der Waals surface area contributed by atoms with Crippen molar-refractivity contribution in [3.05, 3.63) is 94.4 Å². The Hall–Kier alpha value is -2.59. The fraction of sp³-hybridized carbons (Fsp3) is 0.0952. The van der Waals surface area contributed by atoms with Crippen molar-refractivity contribution in [1.29, 1.82) is 0 Å². The van der Waals surface area contributed by atoms with Crippen LogP contribution in [0.4, 0.5) is 5.69 Å². The number of halogens is 1. The van der Waals surface area contributed by atoms with Crippen LogP contribution in [0.2, 0.25) is 0 Å². The Morgan fingerprint density at radius 3 is 2.52 bits per heavy atom. The molecule has 3 nitrogen and oxygen atoms in total. The first-order valence-corrected chi connectivity index (χ1v) is 9.02. The molecule has 0 aliphatic rings. The van der Waals surface area contributed by atoms with Gasteiger partial charge in [-0.2, -0.15) is 0 Å². The summed E-state index contributed by atoms with van der Waals surface area (Å²) in [5.74, 6) is 0. The van der Waals surface area contributed by atoms with Crippen LogP contribution < -0.4 is 5.32 Å². The minimum atomic E-state index is -0.0453. The molecule has 0 aliphatic heterocycles. The van der Waals surface area contributed by atoms with Gasteiger partial charge >= 0.3 is 0 Å². The lowest BCUT2D eigenvalue weighted by Gasteiger charge is -2.21. The van der Waals surface area contributed by atoms with E-state index in [1.54, 1.807) is 0 Å². The molecule has 25 heavy (non-hydrogen) atoms.